The summed E-state index contributed by atoms with van der Waals surface area (Å²) in [7, 11) is 0. The highest BCUT2D eigenvalue weighted by atomic mass is 19.1. The third-order valence-corrected chi connectivity index (χ3v) is 6.96. The number of halogens is 2. The second-order valence-electron chi connectivity index (χ2n) is 8.74. The summed E-state index contributed by atoms with van der Waals surface area (Å²) in [6.45, 7) is 1.98. The minimum absolute atomic E-state index is 0.106. The predicted molar refractivity (Wildman–Crippen MR) is 108 cm³/mol. The first-order valence-electron chi connectivity index (χ1n) is 10.7. The molecule has 0 amide bonds. The van der Waals surface area contributed by atoms with E-state index in [1.807, 2.05) is 19.1 Å². The van der Waals surface area contributed by atoms with Crippen molar-refractivity contribution < 1.29 is 8.78 Å². The van der Waals surface area contributed by atoms with Crippen LogP contribution in [0.25, 0.3) is 11.1 Å². The highest BCUT2D eigenvalue weighted by molar-refractivity contribution is 5.65. The maximum Gasteiger partial charge on any atom is 0.134 e. The van der Waals surface area contributed by atoms with Gasteiger partial charge in [0, 0.05) is 0 Å². The average Bonchev–Trinajstić information content (AvgIpc) is 2.70. The van der Waals surface area contributed by atoms with Gasteiger partial charge >= 0.3 is 0 Å². The van der Waals surface area contributed by atoms with Crippen LogP contribution in [-0.2, 0) is 0 Å². The molecule has 2 heteroatoms. The number of rotatable bonds is 3. The zero-order chi connectivity index (χ0) is 18.8. The van der Waals surface area contributed by atoms with Gasteiger partial charge in [0.2, 0.25) is 0 Å². The van der Waals surface area contributed by atoms with Crippen LogP contribution in [0.15, 0.2) is 36.4 Å². The van der Waals surface area contributed by atoms with Crippen molar-refractivity contribution in [3.8, 4) is 11.1 Å². The van der Waals surface area contributed by atoms with Gasteiger partial charge in [-0.1, -0.05) is 61.9 Å². The Kier molecular flexibility index (Phi) is 5.61. The lowest BCUT2D eigenvalue weighted by Crippen LogP contribution is -2.23. The van der Waals surface area contributed by atoms with Gasteiger partial charge in [-0.05, 0) is 73.6 Å². The SMILES string of the molecule is Cc1ccc(-c2c(F)cc(C3CCC(C4CCCCC4)CC3)cc2F)cc1. The molecule has 144 valence electrons. The molecule has 2 saturated carbocycles. The lowest BCUT2D eigenvalue weighted by atomic mass is 9.70. The van der Waals surface area contributed by atoms with E-state index >= 15 is 0 Å². The van der Waals surface area contributed by atoms with Crippen LogP contribution in [0.1, 0.15) is 74.8 Å². The van der Waals surface area contributed by atoms with Gasteiger partial charge in [-0.3, -0.25) is 0 Å². The fourth-order valence-electron chi connectivity index (χ4n) is 5.35. The van der Waals surface area contributed by atoms with E-state index in [0.717, 1.165) is 35.8 Å². The van der Waals surface area contributed by atoms with Gasteiger partial charge in [0.1, 0.15) is 11.6 Å². The maximum absolute atomic E-state index is 14.8. The Morgan fingerprint density at radius 3 is 1.85 bits per heavy atom. The Hall–Kier alpha value is -1.70. The minimum Gasteiger partial charge on any atom is -0.206 e. The quantitative estimate of drug-likeness (QED) is 0.518. The van der Waals surface area contributed by atoms with E-state index in [9.17, 15) is 8.78 Å². The summed E-state index contributed by atoms with van der Waals surface area (Å²) in [6.07, 6.45) is 11.6. The second kappa shape index (κ2) is 8.12. The molecule has 4 rings (SSSR count). The Balaban J connectivity index is 1.48. The van der Waals surface area contributed by atoms with E-state index in [4.69, 9.17) is 0 Å². The van der Waals surface area contributed by atoms with Crippen molar-refractivity contribution >= 4 is 0 Å². The molecule has 0 heterocycles. The van der Waals surface area contributed by atoms with Crippen molar-refractivity contribution in [1.29, 1.82) is 0 Å². The molecule has 0 radical (unpaired) electrons. The van der Waals surface area contributed by atoms with Crippen molar-refractivity contribution in [1.82, 2.24) is 0 Å². The highest BCUT2D eigenvalue weighted by Gasteiger charge is 2.29. The summed E-state index contributed by atoms with van der Waals surface area (Å²) in [5.41, 5.74) is 2.66. The monoisotopic (exact) mass is 368 g/mol. The molecule has 2 aromatic carbocycles. The second-order valence-corrected chi connectivity index (χ2v) is 8.74. The Labute approximate surface area is 162 Å². The van der Waals surface area contributed by atoms with Gasteiger partial charge in [0.25, 0.3) is 0 Å². The molecule has 0 aliphatic heterocycles. The number of benzene rings is 2. The molecule has 27 heavy (non-hydrogen) atoms. The van der Waals surface area contributed by atoms with Crippen LogP contribution in [0.2, 0.25) is 0 Å². The molecule has 0 atom stereocenters. The van der Waals surface area contributed by atoms with Crippen molar-refractivity contribution in [3.63, 3.8) is 0 Å². The van der Waals surface area contributed by atoms with Crippen LogP contribution in [0.4, 0.5) is 8.78 Å². The van der Waals surface area contributed by atoms with E-state index in [1.54, 1.807) is 24.3 Å². The fraction of sp³-hybridized carbons (Fsp3) is 0.520. The Bertz CT molecular complexity index is 740. The summed E-state index contributed by atoms with van der Waals surface area (Å²) in [5.74, 6) is 1.19. The van der Waals surface area contributed by atoms with Crippen LogP contribution in [-0.4, -0.2) is 0 Å². The molecule has 2 aliphatic carbocycles. The predicted octanol–water partition coefficient (Wildman–Crippen LogP) is 7.79. The molecule has 2 aliphatic rings. The molecule has 0 spiro atoms. The summed E-state index contributed by atoms with van der Waals surface area (Å²) in [5, 5.41) is 0. The van der Waals surface area contributed by atoms with E-state index in [-0.39, 0.29) is 5.56 Å². The molecule has 0 nitrogen and oxygen atoms in total. The van der Waals surface area contributed by atoms with Crippen molar-refractivity contribution in [2.75, 3.05) is 0 Å². The van der Waals surface area contributed by atoms with E-state index in [2.05, 4.69) is 0 Å². The summed E-state index contributed by atoms with van der Waals surface area (Å²) < 4.78 is 29.6. The molecule has 2 fully saturated rings. The van der Waals surface area contributed by atoms with Crippen LogP contribution >= 0.6 is 0 Å². The largest absolute Gasteiger partial charge is 0.206 e. The standard InChI is InChI=1S/C25H30F2/c1-17-7-9-21(10-8-17)25-23(26)15-22(16-24(25)27)20-13-11-19(12-14-20)18-5-3-2-4-6-18/h7-10,15-16,18-20H,2-6,11-14H2,1H3. The van der Waals surface area contributed by atoms with Crippen LogP contribution < -0.4 is 0 Å². The summed E-state index contributed by atoms with van der Waals surface area (Å²) in [6, 6.07) is 10.6. The average molecular weight is 369 g/mol. The third-order valence-electron chi connectivity index (χ3n) is 6.96. The van der Waals surface area contributed by atoms with Gasteiger partial charge in [-0.25, -0.2) is 8.78 Å². The molecular formula is C25H30F2. The van der Waals surface area contributed by atoms with Gasteiger partial charge in [0.05, 0.1) is 5.56 Å². The molecule has 0 unspecified atom stereocenters. The third kappa shape index (κ3) is 4.10. The van der Waals surface area contributed by atoms with Crippen molar-refractivity contribution in [2.24, 2.45) is 11.8 Å². The molecule has 0 N–H and O–H groups in total. The van der Waals surface area contributed by atoms with Gasteiger partial charge in [-0.2, -0.15) is 0 Å². The molecule has 0 bridgehead atoms. The topological polar surface area (TPSA) is 0 Å². The van der Waals surface area contributed by atoms with E-state index in [0.29, 0.717) is 11.5 Å². The molecular weight excluding hydrogens is 338 g/mol. The summed E-state index contributed by atoms with van der Waals surface area (Å²) in [4.78, 5) is 0. The van der Waals surface area contributed by atoms with Crippen LogP contribution in [0.5, 0.6) is 0 Å². The molecule has 0 aromatic heterocycles. The normalized spacial score (nSPS) is 24.1. The van der Waals surface area contributed by atoms with Crippen molar-refractivity contribution in [2.45, 2.75) is 70.6 Å². The first kappa shape index (κ1) is 18.7. The van der Waals surface area contributed by atoms with Gasteiger partial charge < -0.3 is 0 Å². The number of aryl methyl sites for hydroxylation is 1. The molecule has 0 saturated heterocycles. The molecule has 2 aromatic rings. The smallest absolute Gasteiger partial charge is 0.134 e. The van der Waals surface area contributed by atoms with Crippen molar-refractivity contribution in [3.05, 3.63) is 59.2 Å². The van der Waals surface area contributed by atoms with Gasteiger partial charge in [-0.15, -0.1) is 0 Å². The number of hydrogen-bond acceptors (Lipinski definition) is 0. The zero-order valence-electron chi connectivity index (χ0n) is 16.3. The summed E-state index contributed by atoms with van der Waals surface area (Å²) >= 11 is 0. The Morgan fingerprint density at radius 2 is 1.26 bits per heavy atom. The van der Waals surface area contributed by atoms with E-state index < -0.39 is 11.6 Å². The first-order chi connectivity index (χ1) is 13.1. The zero-order valence-corrected chi connectivity index (χ0v) is 16.3. The minimum atomic E-state index is -0.428. The van der Waals surface area contributed by atoms with Crippen LogP contribution in [0.3, 0.4) is 0 Å². The van der Waals surface area contributed by atoms with E-state index in [1.165, 1.54) is 44.9 Å². The lowest BCUT2D eigenvalue weighted by molar-refractivity contribution is 0.186. The first-order valence-corrected chi connectivity index (χ1v) is 10.7. The number of hydrogen-bond donors (Lipinski definition) is 0. The van der Waals surface area contributed by atoms with Gasteiger partial charge in [0.15, 0.2) is 0 Å². The Morgan fingerprint density at radius 1 is 0.704 bits per heavy atom. The fourth-order valence-corrected chi connectivity index (χ4v) is 5.35. The highest BCUT2D eigenvalue weighted by Crippen LogP contribution is 2.43. The maximum atomic E-state index is 14.8. The van der Waals surface area contributed by atoms with Crippen LogP contribution in [0, 0.1) is 30.4 Å². The lowest BCUT2D eigenvalue weighted by Gasteiger charge is -2.36.